The summed E-state index contributed by atoms with van der Waals surface area (Å²) in [5.41, 5.74) is 4.03. The van der Waals surface area contributed by atoms with Crippen LogP contribution in [0.5, 0.6) is 5.75 Å². The number of methoxy groups -OCH3 is 1. The fourth-order valence-corrected chi connectivity index (χ4v) is 3.01. The van der Waals surface area contributed by atoms with Crippen LogP contribution in [0.4, 0.5) is 0 Å². The molecule has 3 heterocycles. The number of amides is 1. The van der Waals surface area contributed by atoms with Crippen LogP contribution in [0, 0.1) is 13.8 Å². The van der Waals surface area contributed by atoms with Gasteiger partial charge in [0.25, 0.3) is 0 Å². The third kappa shape index (κ3) is 3.55. The molecule has 0 aromatic carbocycles. The molecule has 0 bridgehead atoms. The van der Waals surface area contributed by atoms with Gasteiger partial charge in [0.15, 0.2) is 5.15 Å². The van der Waals surface area contributed by atoms with Gasteiger partial charge in [-0.25, -0.2) is 4.98 Å². The molecule has 134 valence electrons. The lowest BCUT2D eigenvalue weighted by Gasteiger charge is -2.12. The van der Waals surface area contributed by atoms with Crippen molar-refractivity contribution < 1.29 is 9.53 Å². The zero-order chi connectivity index (χ0) is 18.7. The molecule has 3 rings (SSSR count). The molecule has 26 heavy (non-hydrogen) atoms. The molecule has 7 heteroatoms. The quantitative estimate of drug-likeness (QED) is 0.699. The number of aromatic nitrogens is 3. The minimum Gasteiger partial charge on any atom is -0.496 e. The predicted octanol–water partition coefficient (Wildman–Crippen LogP) is 3.34. The summed E-state index contributed by atoms with van der Waals surface area (Å²) < 4.78 is 7.20. The monoisotopic (exact) mass is 370 g/mol. The van der Waals surface area contributed by atoms with Gasteiger partial charge < -0.3 is 10.1 Å². The van der Waals surface area contributed by atoms with Crippen molar-refractivity contribution in [1.82, 2.24) is 19.7 Å². The maximum Gasteiger partial charge on any atom is 0.244 e. The first-order chi connectivity index (χ1) is 12.5. The van der Waals surface area contributed by atoms with E-state index in [1.54, 1.807) is 19.4 Å². The molecule has 0 saturated heterocycles. The number of carbonyl (C=O) groups excluding carboxylic acids is 1. The van der Waals surface area contributed by atoms with Crippen molar-refractivity contribution in [3.8, 4) is 5.75 Å². The predicted molar refractivity (Wildman–Crippen MR) is 101 cm³/mol. The lowest BCUT2D eigenvalue weighted by molar-refractivity contribution is -0.116. The van der Waals surface area contributed by atoms with Gasteiger partial charge >= 0.3 is 0 Å². The first-order valence-electron chi connectivity index (χ1n) is 8.09. The van der Waals surface area contributed by atoms with Crippen LogP contribution in [-0.4, -0.2) is 27.4 Å². The average molecular weight is 371 g/mol. The number of carbonyl (C=O) groups is 1. The minimum atomic E-state index is -0.243. The molecular weight excluding hydrogens is 352 g/mol. The van der Waals surface area contributed by atoms with E-state index in [2.05, 4.69) is 15.3 Å². The number of hydrogen-bond donors (Lipinski definition) is 1. The third-order valence-electron chi connectivity index (χ3n) is 4.09. The molecule has 1 N–H and O–H groups in total. The number of aryl methyl sites for hydroxylation is 1. The number of ether oxygens (including phenoxy) is 1. The standard InChI is InChI=1S/C19H19ClN4O2/c1-12-10-21-14(13(2)18(12)26-3)11-22-17(25)8-7-15-19(20)23-16-6-4-5-9-24(15)16/h4-10H,11H2,1-3H3,(H,22,25). The van der Waals surface area contributed by atoms with Crippen LogP contribution < -0.4 is 10.1 Å². The molecule has 0 atom stereocenters. The highest BCUT2D eigenvalue weighted by Gasteiger charge is 2.10. The van der Waals surface area contributed by atoms with Crippen LogP contribution in [0.1, 0.15) is 22.5 Å². The largest absolute Gasteiger partial charge is 0.496 e. The van der Waals surface area contributed by atoms with E-state index in [1.807, 2.05) is 42.6 Å². The Morgan fingerprint density at radius 3 is 2.96 bits per heavy atom. The number of nitrogens with zero attached hydrogens (tertiary/aromatic N) is 3. The summed E-state index contributed by atoms with van der Waals surface area (Å²) in [4.78, 5) is 20.8. The Balaban J connectivity index is 1.71. The zero-order valence-electron chi connectivity index (χ0n) is 14.8. The molecule has 0 aliphatic rings. The number of rotatable bonds is 5. The van der Waals surface area contributed by atoms with Crippen LogP contribution in [0.2, 0.25) is 5.15 Å². The number of nitrogens with one attached hydrogen (secondary N) is 1. The van der Waals surface area contributed by atoms with Crippen LogP contribution in [0.15, 0.2) is 36.7 Å². The summed E-state index contributed by atoms with van der Waals surface area (Å²) in [6.07, 6.45) is 6.66. The second kappa shape index (κ2) is 7.58. The van der Waals surface area contributed by atoms with Crippen molar-refractivity contribution in [2.24, 2.45) is 0 Å². The summed E-state index contributed by atoms with van der Waals surface area (Å²) >= 11 is 6.15. The lowest BCUT2D eigenvalue weighted by Crippen LogP contribution is -2.21. The van der Waals surface area contributed by atoms with Gasteiger partial charge in [-0.1, -0.05) is 17.7 Å². The summed E-state index contributed by atoms with van der Waals surface area (Å²) in [6, 6.07) is 5.61. The maximum atomic E-state index is 12.2. The summed E-state index contributed by atoms with van der Waals surface area (Å²) in [5, 5.41) is 3.17. The molecule has 0 radical (unpaired) electrons. The Kier molecular flexibility index (Phi) is 5.23. The zero-order valence-corrected chi connectivity index (χ0v) is 15.5. The highest BCUT2D eigenvalue weighted by molar-refractivity contribution is 6.31. The first-order valence-corrected chi connectivity index (χ1v) is 8.46. The number of fused-ring (bicyclic) bond motifs is 1. The lowest BCUT2D eigenvalue weighted by atomic mass is 10.1. The topological polar surface area (TPSA) is 68.5 Å². The van der Waals surface area contributed by atoms with E-state index in [0.29, 0.717) is 17.4 Å². The van der Waals surface area contributed by atoms with Crippen molar-refractivity contribution >= 4 is 29.2 Å². The smallest absolute Gasteiger partial charge is 0.244 e. The Labute approximate surface area is 156 Å². The Morgan fingerprint density at radius 2 is 2.19 bits per heavy atom. The van der Waals surface area contributed by atoms with Crippen LogP contribution in [0.25, 0.3) is 11.7 Å². The molecule has 0 spiro atoms. The van der Waals surface area contributed by atoms with Crippen molar-refractivity contribution in [2.75, 3.05) is 7.11 Å². The van der Waals surface area contributed by atoms with Gasteiger partial charge in [-0.3, -0.25) is 14.2 Å². The number of pyridine rings is 2. The van der Waals surface area contributed by atoms with Crippen molar-refractivity contribution in [3.05, 3.63) is 64.3 Å². The molecule has 1 amide bonds. The van der Waals surface area contributed by atoms with E-state index in [1.165, 1.54) is 6.08 Å². The normalized spacial score (nSPS) is 11.2. The Hall–Kier alpha value is -2.86. The molecule has 0 saturated carbocycles. The molecule has 3 aromatic rings. The minimum absolute atomic E-state index is 0.243. The number of halogens is 1. The van der Waals surface area contributed by atoms with E-state index in [0.717, 1.165) is 28.2 Å². The van der Waals surface area contributed by atoms with E-state index in [9.17, 15) is 4.79 Å². The molecule has 0 aliphatic heterocycles. The molecule has 3 aromatic heterocycles. The van der Waals surface area contributed by atoms with E-state index in [-0.39, 0.29) is 5.91 Å². The second-order valence-corrected chi connectivity index (χ2v) is 6.17. The number of hydrogen-bond acceptors (Lipinski definition) is 4. The first kappa shape index (κ1) is 17.9. The van der Waals surface area contributed by atoms with E-state index < -0.39 is 0 Å². The summed E-state index contributed by atoms with van der Waals surface area (Å²) in [5.74, 6) is 0.546. The maximum absolute atomic E-state index is 12.2. The van der Waals surface area contributed by atoms with Gasteiger partial charge in [-0.15, -0.1) is 0 Å². The molecule has 0 aliphatic carbocycles. The molecule has 6 nitrogen and oxygen atoms in total. The van der Waals surface area contributed by atoms with Crippen molar-refractivity contribution in [2.45, 2.75) is 20.4 Å². The van der Waals surface area contributed by atoms with Gasteiger partial charge in [-0.05, 0) is 32.1 Å². The van der Waals surface area contributed by atoms with E-state index >= 15 is 0 Å². The third-order valence-corrected chi connectivity index (χ3v) is 4.37. The summed E-state index contributed by atoms with van der Waals surface area (Å²) in [6.45, 7) is 4.17. The van der Waals surface area contributed by atoms with Crippen molar-refractivity contribution in [3.63, 3.8) is 0 Å². The van der Waals surface area contributed by atoms with Gasteiger partial charge in [0, 0.05) is 29.6 Å². The Morgan fingerprint density at radius 1 is 1.38 bits per heavy atom. The second-order valence-electron chi connectivity index (χ2n) is 5.81. The highest BCUT2D eigenvalue weighted by Crippen LogP contribution is 2.23. The highest BCUT2D eigenvalue weighted by atomic mass is 35.5. The average Bonchev–Trinajstić information content (AvgIpc) is 2.95. The van der Waals surface area contributed by atoms with E-state index in [4.69, 9.17) is 16.3 Å². The molecular formula is C19H19ClN4O2. The van der Waals surface area contributed by atoms with Crippen LogP contribution >= 0.6 is 11.6 Å². The fourth-order valence-electron chi connectivity index (χ4n) is 2.77. The molecule has 0 fully saturated rings. The fraction of sp³-hybridized carbons (Fsp3) is 0.211. The number of imidazole rings is 1. The SMILES string of the molecule is COc1c(C)cnc(CNC(=O)C=Cc2c(Cl)nc3ccccn23)c1C. The van der Waals surface area contributed by atoms with Gasteiger partial charge in [0.05, 0.1) is 25.0 Å². The Bertz CT molecular complexity index is 995. The van der Waals surface area contributed by atoms with Gasteiger partial charge in [0.1, 0.15) is 11.4 Å². The van der Waals surface area contributed by atoms with Crippen LogP contribution in [-0.2, 0) is 11.3 Å². The van der Waals surface area contributed by atoms with Gasteiger partial charge in [-0.2, -0.15) is 0 Å². The molecule has 0 unspecified atom stereocenters. The van der Waals surface area contributed by atoms with Gasteiger partial charge in [0.2, 0.25) is 5.91 Å². The van der Waals surface area contributed by atoms with Crippen molar-refractivity contribution in [1.29, 1.82) is 0 Å². The van der Waals surface area contributed by atoms with Crippen LogP contribution in [0.3, 0.4) is 0 Å². The summed E-state index contributed by atoms with van der Waals surface area (Å²) in [7, 11) is 1.63.